The monoisotopic (exact) mass is 335 g/mol. The van der Waals surface area contributed by atoms with Crippen molar-refractivity contribution >= 4 is 17.6 Å². The number of halogens is 1. The van der Waals surface area contributed by atoms with Crippen molar-refractivity contribution in [3.8, 4) is 5.75 Å². The summed E-state index contributed by atoms with van der Waals surface area (Å²) in [6, 6.07) is 5.72. The van der Waals surface area contributed by atoms with Crippen LogP contribution in [-0.2, 0) is 20.0 Å². The topological polar surface area (TPSA) is 63.5 Å². The van der Waals surface area contributed by atoms with Gasteiger partial charge in [-0.15, -0.1) is 0 Å². The number of methoxy groups -OCH3 is 1. The van der Waals surface area contributed by atoms with Crippen LogP contribution in [0.25, 0.3) is 0 Å². The molecule has 0 bridgehead atoms. The number of guanidine groups is 1. The molecule has 0 saturated carbocycles. The second-order valence-corrected chi connectivity index (χ2v) is 5.49. The van der Waals surface area contributed by atoms with E-state index in [-0.39, 0.29) is 0 Å². The number of hydrogen-bond acceptors (Lipinski definition) is 3. The minimum Gasteiger partial charge on any atom is -0.497 e. The first-order valence-electron chi connectivity index (χ1n) is 7.37. The second kappa shape index (κ2) is 8.43. The van der Waals surface area contributed by atoms with E-state index in [0.29, 0.717) is 11.6 Å². The van der Waals surface area contributed by atoms with Crippen molar-refractivity contribution in [1.82, 2.24) is 20.4 Å². The SMILES string of the molecule is CN=C(NCCc1ccc(OC)cc1Cl)NCc1cnn(C)c1. The first kappa shape index (κ1) is 17.1. The fourth-order valence-corrected chi connectivity index (χ4v) is 2.41. The molecule has 0 fully saturated rings. The van der Waals surface area contributed by atoms with E-state index in [4.69, 9.17) is 16.3 Å². The van der Waals surface area contributed by atoms with E-state index < -0.39 is 0 Å². The Kier molecular flexibility index (Phi) is 6.29. The molecule has 0 aliphatic carbocycles. The van der Waals surface area contributed by atoms with Gasteiger partial charge in [-0.2, -0.15) is 5.10 Å². The fourth-order valence-electron chi connectivity index (χ4n) is 2.14. The van der Waals surface area contributed by atoms with Crippen LogP contribution in [0.4, 0.5) is 0 Å². The Hall–Kier alpha value is -2.21. The number of aryl methyl sites for hydroxylation is 1. The minimum absolute atomic E-state index is 0.677. The highest BCUT2D eigenvalue weighted by Gasteiger charge is 2.04. The molecule has 1 heterocycles. The van der Waals surface area contributed by atoms with E-state index >= 15 is 0 Å². The van der Waals surface area contributed by atoms with Crippen molar-refractivity contribution in [2.45, 2.75) is 13.0 Å². The van der Waals surface area contributed by atoms with Gasteiger partial charge in [-0.1, -0.05) is 17.7 Å². The molecule has 0 radical (unpaired) electrons. The maximum atomic E-state index is 6.24. The zero-order valence-electron chi connectivity index (χ0n) is 13.6. The Bertz CT molecular complexity index is 668. The molecule has 0 amide bonds. The van der Waals surface area contributed by atoms with E-state index in [0.717, 1.165) is 35.8 Å². The van der Waals surface area contributed by atoms with E-state index in [1.807, 2.05) is 37.6 Å². The number of nitrogens with zero attached hydrogens (tertiary/aromatic N) is 3. The molecular weight excluding hydrogens is 314 g/mol. The summed E-state index contributed by atoms with van der Waals surface area (Å²) in [5.74, 6) is 1.51. The molecule has 0 atom stereocenters. The highest BCUT2D eigenvalue weighted by atomic mass is 35.5. The number of ether oxygens (including phenoxy) is 1. The lowest BCUT2D eigenvalue weighted by atomic mass is 10.1. The second-order valence-electron chi connectivity index (χ2n) is 5.08. The first-order valence-corrected chi connectivity index (χ1v) is 7.74. The van der Waals surface area contributed by atoms with Crippen molar-refractivity contribution in [1.29, 1.82) is 0 Å². The average Bonchev–Trinajstić information content (AvgIpc) is 2.97. The predicted octanol–water partition coefficient (Wildman–Crippen LogP) is 1.99. The van der Waals surface area contributed by atoms with Gasteiger partial charge < -0.3 is 15.4 Å². The van der Waals surface area contributed by atoms with Gasteiger partial charge in [0.25, 0.3) is 0 Å². The van der Waals surface area contributed by atoms with Gasteiger partial charge in [-0.05, 0) is 24.1 Å². The smallest absolute Gasteiger partial charge is 0.191 e. The van der Waals surface area contributed by atoms with Gasteiger partial charge in [0.1, 0.15) is 5.75 Å². The molecule has 7 heteroatoms. The van der Waals surface area contributed by atoms with Crippen LogP contribution < -0.4 is 15.4 Å². The Morgan fingerprint density at radius 2 is 2.22 bits per heavy atom. The summed E-state index contributed by atoms with van der Waals surface area (Å²) in [6.45, 7) is 1.41. The minimum atomic E-state index is 0.677. The Morgan fingerprint density at radius 3 is 2.83 bits per heavy atom. The number of nitrogens with one attached hydrogen (secondary N) is 2. The molecule has 0 unspecified atom stereocenters. The largest absolute Gasteiger partial charge is 0.497 e. The fraction of sp³-hybridized carbons (Fsp3) is 0.375. The first-order chi connectivity index (χ1) is 11.1. The van der Waals surface area contributed by atoms with Crippen LogP contribution >= 0.6 is 11.6 Å². The van der Waals surface area contributed by atoms with Crippen molar-refractivity contribution in [3.63, 3.8) is 0 Å². The zero-order chi connectivity index (χ0) is 16.7. The van der Waals surface area contributed by atoms with Gasteiger partial charge >= 0.3 is 0 Å². The van der Waals surface area contributed by atoms with Crippen LogP contribution in [0.15, 0.2) is 35.6 Å². The molecule has 2 rings (SSSR count). The molecule has 1 aromatic carbocycles. The molecule has 0 saturated heterocycles. The van der Waals surface area contributed by atoms with Crippen LogP contribution in [0.3, 0.4) is 0 Å². The van der Waals surface area contributed by atoms with Crippen LogP contribution in [-0.4, -0.2) is 36.4 Å². The van der Waals surface area contributed by atoms with Crippen molar-refractivity contribution in [2.75, 3.05) is 20.7 Å². The normalized spacial score (nSPS) is 11.4. The number of rotatable bonds is 6. The summed E-state index contributed by atoms with van der Waals surface area (Å²) in [5.41, 5.74) is 2.18. The maximum Gasteiger partial charge on any atom is 0.191 e. The molecule has 1 aromatic heterocycles. The average molecular weight is 336 g/mol. The Morgan fingerprint density at radius 1 is 1.39 bits per heavy atom. The highest BCUT2D eigenvalue weighted by molar-refractivity contribution is 6.31. The number of hydrogen-bond donors (Lipinski definition) is 2. The zero-order valence-corrected chi connectivity index (χ0v) is 14.4. The summed E-state index contributed by atoms with van der Waals surface area (Å²) in [6.07, 6.45) is 4.60. The van der Waals surface area contributed by atoms with Gasteiger partial charge in [0.15, 0.2) is 5.96 Å². The number of aromatic nitrogens is 2. The van der Waals surface area contributed by atoms with Gasteiger partial charge in [0.05, 0.1) is 13.3 Å². The van der Waals surface area contributed by atoms with Crippen LogP contribution in [0.1, 0.15) is 11.1 Å². The molecule has 124 valence electrons. The lowest BCUT2D eigenvalue weighted by molar-refractivity contribution is 0.414. The lowest BCUT2D eigenvalue weighted by Gasteiger charge is -2.12. The lowest BCUT2D eigenvalue weighted by Crippen LogP contribution is -2.37. The molecule has 0 spiro atoms. The van der Waals surface area contributed by atoms with E-state index in [9.17, 15) is 0 Å². The summed E-state index contributed by atoms with van der Waals surface area (Å²) >= 11 is 6.24. The molecule has 2 N–H and O–H groups in total. The van der Waals surface area contributed by atoms with E-state index in [1.165, 1.54) is 0 Å². The van der Waals surface area contributed by atoms with Gasteiger partial charge in [0.2, 0.25) is 0 Å². The van der Waals surface area contributed by atoms with Gasteiger partial charge in [-0.25, -0.2) is 0 Å². The van der Waals surface area contributed by atoms with Gasteiger partial charge in [0, 0.05) is 44.0 Å². The maximum absolute atomic E-state index is 6.24. The van der Waals surface area contributed by atoms with Gasteiger partial charge in [-0.3, -0.25) is 9.67 Å². The summed E-state index contributed by atoms with van der Waals surface area (Å²) in [7, 11) is 5.28. The number of aliphatic imine (C=N–C) groups is 1. The molecule has 2 aromatic rings. The van der Waals surface area contributed by atoms with E-state index in [2.05, 4.69) is 20.7 Å². The standard InChI is InChI=1S/C16H22ClN5O/c1-18-16(20-9-12-10-21-22(2)11-12)19-7-6-13-4-5-14(23-3)8-15(13)17/h4-5,8,10-11H,6-7,9H2,1-3H3,(H2,18,19,20). The van der Waals surface area contributed by atoms with Crippen molar-refractivity contribution in [3.05, 3.63) is 46.7 Å². The third-order valence-corrected chi connectivity index (χ3v) is 3.74. The summed E-state index contributed by atoms with van der Waals surface area (Å²) in [4.78, 5) is 4.21. The summed E-state index contributed by atoms with van der Waals surface area (Å²) < 4.78 is 6.93. The van der Waals surface area contributed by atoms with Crippen molar-refractivity contribution in [2.24, 2.45) is 12.0 Å². The summed E-state index contributed by atoms with van der Waals surface area (Å²) in [5, 5.41) is 11.4. The predicted molar refractivity (Wildman–Crippen MR) is 93.1 cm³/mol. The molecule has 0 aliphatic rings. The third-order valence-electron chi connectivity index (χ3n) is 3.39. The van der Waals surface area contributed by atoms with Crippen LogP contribution in [0.5, 0.6) is 5.75 Å². The van der Waals surface area contributed by atoms with Crippen molar-refractivity contribution < 1.29 is 4.74 Å². The Balaban J connectivity index is 1.79. The Labute approximate surface area is 141 Å². The van der Waals surface area contributed by atoms with E-state index in [1.54, 1.807) is 18.8 Å². The van der Waals surface area contributed by atoms with Crippen LogP contribution in [0.2, 0.25) is 5.02 Å². The third kappa shape index (κ3) is 5.17. The molecule has 0 aliphatic heterocycles. The van der Waals surface area contributed by atoms with Crippen LogP contribution in [0, 0.1) is 0 Å². The molecule has 6 nitrogen and oxygen atoms in total. The number of benzene rings is 1. The highest BCUT2D eigenvalue weighted by Crippen LogP contribution is 2.22. The molecule has 23 heavy (non-hydrogen) atoms. The quantitative estimate of drug-likeness (QED) is 0.626. The molecular formula is C16H22ClN5O.